The highest BCUT2D eigenvalue weighted by Crippen LogP contribution is 2.47. The topological polar surface area (TPSA) is 16.1 Å². The molecule has 0 bridgehead atoms. The molecule has 1 aromatic rings. The van der Waals surface area contributed by atoms with Crippen LogP contribution in [0.2, 0.25) is 0 Å². The quantitative estimate of drug-likeness (QED) is 0.768. The van der Waals surface area contributed by atoms with Crippen molar-refractivity contribution in [3.05, 3.63) is 16.6 Å². The molecule has 0 aliphatic heterocycles. The minimum Gasteiger partial charge on any atom is -0.300 e. The highest BCUT2D eigenvalue weighted by atomic mass is 79.9. The first-order chi connectivity index (χ1) is 6.74. The summed E-state index contributed by atoms with van der Waals surface area (Å²) in [6.07, 6.45) is 2.75. The maximum atomic E-state index is 4.30. The third-order valence-electron chi connectivity index (χ3n) is 2.76. The van der Waals surface area contributed by atoms with Crippen molar-refractivity contribution in [2.75, 3.05) is 18.9 Å². The minimum atomic E-state index is 0.574. The average molecular weight is 275 g/mol. The predicted octanol–water partition coefficient (Wildman–Crippen LogP) is 2.75. The van der Waals surface area contributed by atoms with E-state index in [1.165, 1.54) is 25.1 Å². The lowest BCUT2D eigenvalue weighted by atomic mass is 10.1. The van der Waals surface area contributed by atoms with Gasteiger partial charge < -0.3 is 0 Å². The Morgan fingerprint density at radius 1 is 1.64 bits per heavy atom. The Kier molecular flexibility index (Phi) is 3.24. The molecule has 78 valence electrons. The molecule has 14 heavy (non-hydrogen) atoms. The first-order valence-corrected chi connectivity index (χ1v) is 6.92. The van der Waals surface area contributed by atoms with Crippen molar-refractivity contribution in [3.63, 3.8) is 0 Å². The Bertz CT molecular complexity index is 282. The fourth-order valence-corrected chi connectivity index (χ4v) is 3.02. The van der Waals surface area contributed by atoms with Gasteiger partial charge in [0.15, 0.2) is 0 Å². The van der Waals surface area contributed by atoms with Crippen LogP contribution >= 0.6 is 27.3 Å². The minimum absolute atomic E-state index is 0.574. The van der Waals surface area contributed by atoms with Crippen LogP contribution in [0.1, 0.15) is 18.5 Å². The second-order valence-electron chi connectivity index (χ2n) is 4.29. The van der Waals surface area contributed by atoms with Crippen molar-refractivity contribution in [2.24, 2.45) is 5.41 Å². The molecule has 0 amide bonds. The van der Waals surface area contributed by atoms with Crippen LogP contribution in [0.5, 0.6) is 0 Å². The van der Waals surface area contributed by atoms with Crippen LogP contribution in [0.4, 0.5) is 0 Å². The number of rotatable bonds is 5. The Morgan fingerprint density at radius 3 is 2.93 bits per heavy atom. The Morgan fingerprint density at radius 2 is 2.43 bits per heavy atom. The summed E-state index contributed by atoms with van der Waals surface area (Å²) >= 11 is 5.27. The van der Waals surface area contributed by atoms with Crippen molar-refractivity contribution >= 4 is 27.3 Å². The van der Waals surface area contributed by atoms with Crippen molar-refractivity contribution in [1.29, 1.82) is 0 Å². The van der Waals surface area contributed by atoms with Crippen molar-refractivity contribution in [1.82, 2.24) is 9.88 Å². The Balaban J connectivity index is 1.82. The molecule has 0 radical (unpaired) electrons. The highest BCUT2D eigenvalue weighted by Gasteiger charge is 2.42. The van der Waals surface area contributed by atoms with Gasteiger partial charge in [-0.15, -0.1) is 11.3 Å². The van der Waals surface area contributed by atoms with E-state index in [4.69, 9.17) is 0 Å². The summed E-state index contributed by atoms with van der Waals surface area (Å²) in [4.78, 5) is 6.68. The van der Waals surface area contributed by atoms with Gasteiger partial charge in [0.05, 0.1) is 11.2 Å². The smallest absolute Gasteiger partial charge is 0.0795 e. The van der Waals surface area contributed by atoms with E-state index in [0.717, 1.165) is 11.9 Å². The monoisotopic (exact) mass is 274 g/mol. The van der Waals surface area contributed by atoms with E-state index in [1.807, 2.05) is 5.51 Å². The average Bonchev–Trinajstić information content (AvgIpc) is 2.74. The molecule has 0 saturated heterocycles. The van der Waals surface area contributed by atoms with Gasteiger partial charge in [-0.3, -0.25) is 4.90 Å². The molecule has 1 saturated carbocycles. The van der Waals surface area contributed by atoms with Gasteiger partial charge in [0.1, 0.15) is 0 Å². The molecule has 0 aromatic carbocycles. The van der Waals surface area contributed by atoms with Gasteiger partial charge in [-0.25, -0.2) is 4.98 Å². The zero-order valence-electron chi connectivity index (χ0n) is 8.37. The highest BCUT2D eigenvalue weighted by molar-refractivity contribution is 9.09. The van der Waals surface area contributed by atoms with E-state index >= 15 is 0 Å². The number of halogens is 1. The van der Waals surface area contributed by atoms with E-state index in [0.29, 0.717) is 5.41 Å². The van der Waals surface area contributed by atoms with Crippen molar-refractivity contribution in [3.8, 4) is 0 Å². The van der Waals surface area contributed by atoms with E-state index in [2.05, 4.69) is 38.2 Å². The molecule has 4 heteroatoms. The van der Waals surface area contributed by atoms with Crippen molar-refractivity contribution in [2.45, 2.75) is 19.4 Å². The maximum absolute atomic E-state index is 4.30. The largest absolute Gasteiger partial charge is 0.300 e. The fourth-order valence-electron chi connectivity index (χ4n) is 1.73. The number of thiazole rings is 1. The fraction of sp³-hybridized carbons (Fsp3) is 0.700. The zero-order valence-corrected chi connectivity index (χ0v) is 10.8. The third kappa shape index (κ3) is 2.55. The normalized spacial score (nSPS) is 18.8. The molecule has 0 atom stereocenters. The van der Waals surface area contributed by atoms with Gasteiger partial charge in [-0.05, 0) is 25.3 Å². The maximum Gasteiger partial charge on any atom is 0.0795 e. The molecule has 0 spiro atoms. The van der Waals surface area contributed by atoms with Crippen molar-refractivity contribution < 1.29 is 0 Å². The standard InChI is InChI=1S/C10H15BrN2S/c1-13(4-9-5-14-8-12-9)7-10(6-11)2-3-10/h5,8H,2-4,6-7H2,1H3. The summed E-state index contributed by atoms with van der Waals surface area (Å²) in [5.74, 6) is 0. The van der Waals surface area contributed by atoms with Crippen LogP contribution in [0, 0.1) is 5.41 Å². The molecule has 1 aromatic heterocycles. The first kappa shape index (κ1) is 10.6. The van der Waals surface area contributed by atoms with Gasteiger partial charge in [-0.1, -0.05) is 15.9 Å². The lowest BCUT2D eigenvalue weighted by Crippen LogP contribution is -2.27. The number of aromatic nitrogens is 1. The van der Waals surface area contributed by atoms with Crippen LogP contribution in [0.25, 0.3) is 0 Å². The molecule has 1 aliphatic rings. The molecule has 0 N–H and O–H groups in total. The summed E-state index contributed by atoms with van der Waals surface area (Å²) in [6, 6.07) is 0. The van der Waals surface area contributed by atoms with E-state index < -0.39 is 0 Å². The second-order valence-corrected chi connectivity index (χ2v) is 5.57. The lowest BCUT2D eigenvalue weighted by Gasteiger charge is -2.21. The lowest BCUT2D eigenvalue weighted by molar-refractivity contribution is 0.269. The summed E-state index contributed by atoms with van der Waals surface area (Å²) in [5.41, 5.74) is 3.67. The summed E-state index contributed by atoms with van der Waals surface area (Å²) in [6.45, 7) is 2.17. The molecule has 2 nitrogen and oxygen atoms in total. The molecular formula is C10H15BrN2S. The molecule has 0 unspecified atom stereocenters. The molecule has 1 heterocycles. The summed E-state index contributed by atoms with van der Waals surface area (Å²) in [7, 11) is 2.18. The first-order valence-electron chi connectivity index (χ1n) is 4.86. The number of hydrogen-bond donors (Lipinski definition) is 0. The van der Waals surface area contributed by atoms with E-state index in [9.17, 15) is 0 Å². The molecule has 2 rings (SSSR count). The Labute approximate surface area is 97.5 Å². The van der Waals surface area contributed by atoms with Crippen LogP contribution in [-0.2, 0) is 6.54 Å². The molecule has 1 aliphatic carbocycles. The molecular weight excluding hydrogens is 260 g/mol. The zero-order chi connectivity index (χ0) is 10.0. The SMILES string of the molecule is CN(Cc1cscn1)CC1(CBr)CC1. The number of nitrogens with zero attached hydrogens (tertiary/aromatic N) is 2. The van der Waals surface area contributed by atoms with E-state index in [-0.39, 0.29) is 0 Å². The second kappa shape index (κ2) is 4.29. The third-order valence-corrected chi connectivity index (χ3v) is 4.59. The van der Waals surface area contributed by atoms with Gasteiger partial charge in [-0.2, -0.15) is 0 Å². The Hall–Kier alpha value is 0.0700. The molecule has 1 fully saturated rings. The van der Waals surface area contributed by atoms with E-state index in [1.54, 1.807) is 11.3 Å². The van der Waals surface area contributed by atoms with Crippen LogP contribution < -0.4 is 0 Å². The van der Waals surface area contributed by atoms with Gasteiger partial charge in [0.25, 0.3) is 0 Å². The van der Waals surface area contributed by atoms with Crippen LogP contribution in [0.15, 0.2) is 10.9 Å². The van der Waals surface area contributed by atoms with Crippen LogP contribution in [-0.4, -0.2) is 28.8 Å². The van der Waals surface area contributed by atoms with Gasteiger partial charge in [0, 0.05) is 23.8 Å². The summed E-state index contributed by atoms with van der Waals surface area (Å²) < 4.78 is 0. The summed E-state index contributed by atoms with van der Waals surface area (Å²) in [5, 5.41) is 3.27. The predicted molar refractivity (Wildman–Crippen MR) is 63.9 cm³/mol. The van der Waals surface area contributed by atoms with Gasteiger partial charge in [0.2, 0.25) is 0 Å². The van der Waals surface area contributed by atoms with Crippen LogP contribution in [0.3, 0.4) is 0 Å². The van der Waals surface area contributed by atoms with Gasteiger partial charge >= 0.3 is 0 Å². The number of alkyl halides is 1. The number of hydrogen-bond acceptors (Lipinski definition) is 3.